The molecule has 1 heterocycles. The Morgan fingerprint density at radius 2 is 1.00 bits per heavy atom. The standard InChI is InChI=1S/C12H28N4.BrH/c1-13(2)5-7-15-9-11-16(12-10-15)8-6-14(3)4;/h5-12H2,1-4H3;1H. The summed E-state index contributed by atoms with van der Waals surface area (Å²) in [6, 6.07) is 0. The maximum absolute atomic E-state index is 2.58. The van der Waals surface area contributed by atoms with Gasteiger partial charge in [0.25, 0.3) is 0 Å². The van der Waals surface area contributed by atoms with Crippen LogP contribution in [0, 0.1) is 0 Å². The van der Waals surface area contributed by atoms with E-state index in [4.69, 9.17) is 0 Å². The van der Waals surface area contributed by atoms with Gasteiger partial charge >= 0.3 is 0 Å². The van der Waals surface area contributed by atoms with Crippen LogP contribution < -0.4 is 0 Å². The third-order valence-electron chi connectivity index (χ3n) is 3.19. The molecule has 0 atom stereocenters. The second-order valence-electron chi connectivity index (χ2n) is 5.29. The summed E-state index contributed by atoms with van der Waals surface area (Å²) in [6.45, 7) is 9.74. The molecule has 4 nitrogen and oxygen atoms in total. The van der Waals surface area contributed by atoms with E-state index in [2.05, 4.69) is 47.8 Å². The first-order valence-electron chi connectivity index (χ1n) is 6.32. The van der Waals surface area contributed by atoms with Crippen molar-refractivity contribution in [1.29, 1.82) is 0 Å². The highest BCUT2D eigenvalue weighted by atomic mass is 79.9. The van der Waals surface area contributed by atoms with Gasteiger partial charge in [-0.15, -0.1) is 17.0 Å². The SMILES string of the molecule is Br.CN(C)CCN1CCN(CCN(C)C)CC1. The monoisotopic (exact) mass is 308 g/mol. The van der Waals surface area contributed by atoms with Crippen LogP contribution >= 0.6 is 17.0 Å². The van der Waals surface area contributed by atoms with Crippen LogP contribution in [0.2, 0.25) is 0 Å². The Morgan fingerprint density at radius 3 is 1.24 bits per heavy atom. The fraction of sp³-hybridized carbons (Fsp3) is 1.00. The molecule has 0 spiro atoms. The summed E-state index contributed by atoms with van der Waals surface area (Å²) >= 11 is 0. The summed E-state index contributed by atoms with van der Waals surface area (Å²) < 4.78 is 0. The number of nitrogens with zero attached hydrogens (tertiary/aromatic N) is 4. The number of likely N-dealkylation sites (N-methyl/N-ethyl adjacent to an activating group) is 2. The Labute approximate surface area is 117 Å². The maximum Gasteiger partial charge on any atom is 0.0110 e. The molecule has 1 fully saturated rings. The van der Waals surface area contributed by atoms with Gasteiger partial charge in [-0.1, -0.05) is 0 Å². The van der Waals surface area contributed by atoms with Gasteiger partial charge in [0.2, 0.25) is 0 Å². The van der Waals surface area contributed by atoms with Crippen molar-refractivity contribution >= 4 is 17.0 Å². The number of halogens is 1. The second kappa shape index (κ2) is 9.28. The van der Waals surface area contributed by atoms with Crippen molar-refractivity contribution in [3.8, 4) is 0 Å². The molecule has 1 saturated heterocycles. The molecule has 0 aromatic rings. The molecular weight excluding hydrogens is 280 g/mol. The molecule has 17 heavy (non-hydrogen) atoms. The van der Waals surface area contributed by atoms with E-state index in [0.29, 0.717) is 0 Å². The van der Waals surface area contributed by atoms with E-state index in [1.807, 2.05) is 0 Å². The molecule has 0 N–H and O–H groups in total. The highest BCUT2D eigenvalue weighted by molar-refractivity contribution is 8.93. The number of hydrogen-bond donors (Lipinski definition) is 0. The van der Waals surface area contributed by atoms with Crippen LogP contribution in [0.5, 0.6) is 0 Å². The van der Waals surface area contributed by atoms with Crippen molar-refractivity contribution < 1.29 is 0 Å². The second-order valence-corrected chi connectivity index (χ2v) is 5.29. The molecule has 0 saturated carbocycles. The zero-order chi connectivity index (χ0) is 12.0. The molecular formula is C12H29BrN4. The van der Waals surface area contributed by atoms with E-state index >= 15 is 0 Å². The van der Waals surface area contributed by atoms with Gasteiger partial charge in [0, 0.05) is 52.4 Å². The van der Waals surface area contributed by atoms with Gasteiger partial charge in [-0.25, -0.2) is 0 Å². The largest absolute Gasteiger partial charge is 0.308 e. The van der Waals surface area contributed by atoms with Crippen molar-refractivity contribution in [2.75, 3.05) is 80.5 Å². The summed E-state index contributed by atoms with van der Waals surface area (Å²) in [5.74, 6) is 0. The van der Waals surface area contributed by atoms with Crippen molar-refractivity contribution in [3.63, 3.8) is 0 Å². The lowest BCUT2D eigenvalue weighted by molar-refractivity contribution is 0.119. The van der Waals surface area contributed by atoms with Crippen molar-refractivity contribution in [2.24, 2.45) is 0 Å². The first-order valence-corrected chi connectivity index (χ1v) is 6.32. The minimum absolute atomic E-state index is 0. The van der Waals surface area contributed by atoms with E-state index in [1.54, 1.807) is 0 Å². The van der Waals surface area contributed by atoms with Crippen molar-refractivity contribution in [3.05, 3.63) is 0 Å². The zero-order valence-corrected chi connectivity index (χ0v) is 13.6. The molecule has 104 valence electrons. The molecule has 0 aliphatic carbocycles. The number of hydrogen-bond acceptors (Lipinski definition) is 4. The minimum atomic E-state index is 0. The van der Waals surface area contributed by atoms with Gasteiger partial charge in [0.05, 0.1) is 0 Å². The molecule has 0 aromatic heterocycles. The topological polar surface area (TPSA) is 13.0 Å². The summed E-state index contributed by atoms with van der Waals surface area (Å²) in [4.78, 5) is 9.68. The number of rotatable bonds is 6. The Bertz CT molecular complexity index is 159. The summed E-state index contributed by atoms with van der Waals surface area (Å²) in [7, 11) is 8.58. The molecule has 0 bridgehead atoms. The normalized spacial score (nSPS) is 18.7. The summed E-state index contributed by atoms with van der Waals surface area (Å²) in [5.41, 5.74) is 0. The molecule has 1 rings (SSSR count). The molecule has 0 amide bonds. The van der Waals surface area contributed by atoms with E-state index in [9.17, 15) is 0 Å². The molecule has 1 aliphatic rings. The van der Waals surface area contributed by atoms with E-state index < -0.39 is 0 Å². The van der Waals surface area contributed by atoms with E-state index in [-0.39, 0.29) is 17.0 Å². The quantitative estimate of drug-likeness (QED) is 0.700. The highest BCUT2D eigenvalue weighted by Gasteiger charge is 2.16. The molecule has 1 aliphatic heterocycles. The van der Waals surface area contributed by atoms with Crippen LogP contribution in [-0.2, 0) is 0 Å². The Morgan fingerprint density at radius 1 is 0.706 bits per heavy atom. The van der Waals surface area contributed by atoms with Gasteiger partial charge in [-0.3, -0.25) is 9.80 Å². The molecule has 0 unspecified atom stereocenters. The predicted octanol–water partition coefficient (Wildman–Crippen LogP) is 0.305. The Hall–Kier alpha value is 0.320. The van der Waals surface area contributed by atoms with Crippen molar-refractivity contribution in [2.45, 2.75) is 0 Å². The van der Waals surface area contributed by atoms with Crippen LogP contribution in [0.1, 0.15) is 0 Å². The first-order chi connectivity index (χ1) is 7.58. The molecule has 0 aromatic carbocycles. The summed E-state index contributed by atoms with van der Waals surface area (Å²) in [6.07, 6.45) is 0. The van der Waals surface area contributed by atoms with Gasteiger partial charge in [0.1, 0.15) is 0 Å². The molecule has 0 radical (unpaired) electrons. The fourth-order valence-electron chi connectivity index (χ4n) is 1.92. The lowest BCUT2D eigenvalue weighted by Gasteiger charge is -2.35. The van der Waals surface area contributed by atoms with Gasteiger partial charge in [0.15, 0.2) is 0 Å². The van der Waals surface area contributed by atoms with Crippen LogP contribution in [0.15, 0.2) is 0 Å². The van der Waals surface area contributed by atoms with Crippen LogP contribution in [-0.4, -0.2) is 100 Å². The van der Waals surface area contributed by atoms with Crippen LogP contribution in [0.25, 0.3) is 0 Å². The van der Waals surface area contributed by atoms with Crippen molar-refractivity contribution in [1.82, 2.24) is 19.6 Å². The Kier molecular flexibility index (Phi) is 9.45. The van der Waals surface area contributed by atoms with Gasteiger partial charge in [-0.2, -0.15) is 0 Å². The average Bonchev–Trinajstić information content (AvgIpc) is 2.25. The highest BCUT2D eigenvalue weighted by Crippen LogP contribution is 2.01. The average molecular weight is 309 g/mol. The number of piperazine rings is 1. The van der Waals surface area contributed by atoms with Gasteiger partial charge in [-0.05, 0) is 28.2 Å². The maximum atomic E-state index is 2.58. The van der Waals surface area contributed by atoms with Crippen LogP contribution in [0.4, 0.5) is 0 Å². The lowest BCUT2D eigenvalue weighted by Crippen LogP contribution is -2.49. The van der Waals surface area contributed by atoms with E-state index in [0.717, 1.165) is 0 Å². The summed E-state index contributed by atoms with van der Waals surface area (Å²) in [5, 5.41) is 0. The first kappa shape index (κ1) is 17.3. The Balaban J connectivity index is 0.00000256. The predicted molar refractivity (Wildman–Crippen MR) is 80.3 cm³/mol. The van der Waals surface area contributed by atoms with Gasteiger partial charge < -0.3 is 9.80 Å². The van der Waals surface area contributed by atoms with E-state index in [1.165, 1.54) is 52.4 Å². The lowest BCUT2D eigenvalue weighted by atomic mass is 10.3. The van der Waals surface area contributed by atoms with Crippen LogP contribution in [0.3, 0.4) is 0 Å². The third-order valence-corrected chi connectivity index (χ3v) is 3.19. The minimum Gasteiger partial charge on any atom is -0.308 e. The zero-order valence-electron chi connectivity index (χ0n) is 11.9. The third kappa shape index (κ3) is 8.11. The fourth-order valence-corrected chi connectivity index (χ4v) is 1.92. The smallest absolute Gasteiger partial charge is 0.0110 e. The molecule has 5 heteroatoms.